The SMILES string of the molecule is COc1ccc(C[C@@H](N)C(=O)N2CC[C@H]2C(=O)NCc2ccc3c(N)nccc3c2)cc1. The zero-order valence-corrected chi connectivity index (χ0v) is 18.0. The van der Waals surface area contributed by atoms with E-state index in [4.69, 9.17) is 16.2 Å². The van der Waals surface area contributed by atoms with Crippen LogP contribution in [0.2, 0.25) is 0 Å². The van der Waals surface area contributed by atoms with Gasteiger partial charge in [-0.05, 0) is 53.6 Å². The van der Waals surface area contributed by atoms with Gasteiger partial charge < -0.3 is 26.4 Å². The molecule has 1 fully saturated rings. The van der Waals surface area contributed by atoms with Gasteiger partial charge in [0.15, 0.2) is 0 Å². The number of nitrogens with zero attached hydrogens (tertiary/aromatic N) is 2. The quantitative estimate of drug-likeness (QED) is 0.520. The minimum atomic E-state index is -0.696. The van der Waals surface area contributed by atoms with Crippen LogP contribution in [0.1, 0.15) is 17.5 Å². The number of fused-ring (bicyclic) bond motifs is 1. The van der Waals surface area contributed by atoms with Crippen molar-refractivity contribution in [2.45, 2.75) is 31.5 Å². The van der Waals surface area contributed by atoms with Crippen LogP contribution in [0.5, 0.6) is 5.75 Å². The number of anilines is 1. The van der Waals surface area contributed by atoms with Crippen molar-refractivity contribution in [1.29, 1.82) is 0 Å². The van der Waals surface area contributed by atoms with E-state index in [0.29, 0.717) is 31.7 Å². The maximum absolute atomic E-state index is 12.8. The van der Waals surface area contributed by atoms with Crippen molar-refractivity contribution in [3.63, 3.8) is 0 Å². The molecule has 1 aromatic heterocycles. The van der Waals surface area contributed by atoms with Crippen LogP contribution in [0.4, 0.5) is 5.82 Å². The number of aromatic nitrogens is 1. The third-order valence-electron chi connectivity index (χ3n) is 5.86. The highest BCUT2D eigenvalue weighted by atomic mass is 16.5. The van der Waals surface area contributed by atoms with Crippen LogP contribution in [-0.4, -0.2) is 47.4 Å². The van der Waals surface area contributed by atoms with Crippen molar-refractivity contribution in [2.75, 3.05) is 19.4 Å². The Kier molecular flexibility index (Phi) is 6.23. The Morgan fingerprint density at radius 3 is 2.62 bits per heavy atom. The molecule has 4 rings (SSSR count). The molecular weight excluding hydrogens is 406 g/mol. The Balaban J connectivity index is 1.32. The molecule has 0 unspecified atom stereocenters. The largest absolute Gasteiger partial charge is 0.497 e. The number of carbonyl (C=O) groups excluding carboxylic acids is 2. The number of methoxy groups -OCH3 is 1. The second kappa shape index (κ2) is 9.23. The van der Waals surface area contributed by atoms with Crippen LogP contribution in [0.25, 0.3) is 10.8 Å². The minimum absolute atomic E-state index is 0.171. The maximum Gasteiger partial charge on any atom is 0.243 e. The molecule has 8 nitrogen and oxygen atoms in total. The van der Waals surface area contributed by atoms with Gasteiger partial charge in [-0.25, -0.2) is 4.98 Å². The number of amides is 2. The summed E-state index contributed by atoms with van der Waals surface area (Å²) in [5, 5.41) is 4.78. The van der Waals surface area contributed by atoms with E-state index in [-0.39, 0.29) is 11.8 Å². The third kappa shape index (κ3) is 4.50. The third-order valence-corrected chi connectivity index (χ3v) is 5.86. The predicted molar refractivity (Wildman–Crippen MR) is 123 cm³/mol. The topological polar surface area (TPSA) is 124 Å². The summed E-state index contributed by atoms with van der Waals surface area (Å²) in [5.41, 5.74) is 13.9. The van der Waals surface area contributed by atoms with Crippen molar-refractivity contribution in [1.82, 2.24) is 15.2 Å². The summed E-state index contributed by atoms with van der Waals surface area (Å²) in [6, 6.07) is 13.9. The lowest BCUT2D eigenvalue weighted by molar-refractivity contribution is -0.148. The summed E-state index contributed by atoms with van der Waals surface area (Å²) in [4.78, 5) is 31.1. The van der Waals surface area contributed by atoms with Crippen LogP contribution in [0.15, 0.2) is 54.7 Å². The number of benzene rings is 2. The van der Waals surface area contributed by atoms with E-state index < -0.39 is 12.1 Å². The van der Waals surface area contributed by atoms with Gasteiger partial charge in [-0.1, -0.05) is 24.3 Å². The van der Waals surface area contributed by atoms with Crippen LogP contribution in [0.3, 0.4) is 0 Å². The summed E-state index contributed by atoms with van der Waals surface area (Å²) < 4.78 is 5.15. The molecule has 0 radical (unpaired) electrons. The second-order valence-electron chi connectivity index (χ2n) is 7.96. The average Bonchev–Trinajstić information content (AvgIpc) is 2.77. The number of hydrogen-bond donors (Lipinski definition) is 3. The zero-order chi connectivity index (χ0) is 22.7. The molecule has 1 saturated heterocycles. The normalized spacial score (nSPS) is 16.3. The Labute approximate surface area is 186 Å². The Bertz CT molecular complexity index is 1130. The number of carbonyl (C=O) groups is 2. The molecule has 0 spiro atoms. The number of pyridine rings is 1. The number of hydrogen-bond acceptors (Lipinski definition) is 6. The van der Waals surface area contributed by atoms with Gasteiger partial charge in [0, 0.05) is 24.7 Å². The fraction of sp³-hybridized carbons (Fsp3) is 0.292. The summed E-state index contributed by atoms with van der Waals surface area (Å²) in [6.45, 7) is 0.906. The molecular formula is C24H27N5O3. The van der Waals surface area contributed by atoms with E-state index in [1.165, 1.54) is 0 Å². The molecule has 0 aliphatic carbocycles. The standard InChI is InChI=1S/C24H27N5O3/c1-32-18-5-2-15(3-6-18)13-20(25)24(31)29-11-9-21(29)23(30)28-14-16-4-7-19-17(12-16)8-10-27-22(19)26/h2-8,10,12,20-21H,9,11,13-14,25H2,1H3,(H2,26,27)(H,28,30)/t20-,21+/m1/s1. The van der Waals surface area contributed by atoms with E-state index in [0.717, 1.165) is 27.6 Å². The van der Waals surface area contributed by atoms with Gasteiger partial charge in [0.2, 0.25) is 11.8 Å². The molecule has 166 valence electrons. The zero-order valence-electron chi connectivity index (χ0n) is 18.0. The first-order chi connectivity index (χ1) is 15.5. The molecule has 0 saturated carbocycles. The number of nitrogens with one attached hydrogen (secondary N) is 1. The smallest absolute Gasteiger partial charge is 0.243 e. The maximum atomic E-state index is 12.8. The molecule has 0 bridgehead atoms. The van der Waals surface area contributed by atoms with E-state index in [2.05, 4.69) is 10.3 Å². The summed E-state index contributed by atoms with van der Waals surface area (Å²) >= 11 is 0. The number of rotatable bonds is 7. The molecule has 1 aliphatic rings. The fourth-order valence-electron chi connectivity index (χ4n) is 3.91. The molecule has 2 amide bonds. The first-order valence-electron chi connectivity index (χ1n) is 10.6. The Morgan fingerprint density at radius 1 is 1.19 bits per heavy atom. The van der Waals surface area contributed by atoms with Gasteiger partial charge in [0.25, 0.3) is 0 Å². The van der Waals surface area contributed by atoms with Gasteiger partial charge in [0.05, 0.1) is 13.2 Å². The number of nitrogen functional groups attached to an aromatic ring is 1. The van der Waals surface area contributed by atoms with Gasteiger partial charge in [-0.15, -0.1) is 0 Å². The highest BCUT2D eigenvalue weighted by molar-refractivity contribution is 5.92. The summed E-state index contributed by atoms with van der Waals surface area (Å²) in [6.07, 6.45) is 2.70. The number of ether oxygens (including phenoxy) is 1. The van der Waals surface area contributed by atoms with E-state index in [1.807, 2.05) is 48.5 Å². The second-order valence-corrected chi connectivity index (χ2v) is 7.96. The van der Waals surface area contributed by atoms with Crippen molar-refractivity contribution in [3.05, 3.63) is 65.9 Å². The van der Waals surface area contributed by atoms with Crippen LogP contribution in [0, 0.1) is 0 Å². The predicted octanol–water partition coefficient (Wildman–Crippen LogP) is 1.61. The lowest BCUT2D eigenvalue weighted by atomic mass is 9.98. The van der Waals surface area contributed by atoms with Crippen molar-refractivity contribution < 1.29 is 14.3 Å². The molecule has 2 aromatic carbocycles. The highest BCUT2D eigenvalue weighted by Crippen LogP contribution is 2.22. The highest BCUT2D eigenvalue weighted by Gasteiger charge is 2.39. The molecule has 5 N–H and O–H groups in total. The lowest BCUT2D eigenvalue weighted by Crippen LogP contribution is -2.61. The van der Waals surface area contributed by atoms with Gasteiger partial charge in [0.1, 0.15) is 17.6 Å². The fourth-order valence-corrected chi connectivity index (χ4v) is 3.91. The van der Waals surface area contributed by atoms with E-state index in [9.17, 15) is 9.59 Å². The molecule has 3 aromatic rings. The van der Waals surface area contributed by atoms with E-state index in [1.54, 1.807) is 18.2 Å². The average molecular weight is 434 g/mol. The molecule has 2 heterocycles. The summed E-state index contributed by atoms with van der Waals surface area (Å²) in [7, 11) is 1.60. The van der Waals surface area contributed by atoms with Gasteiger partial charge >= 0.3 is 0 Å². The first-order valence-corrected chi connectivity index (χ1v) is 10.6. The first kappa shape index (κ1) is 21.6. The molecule has 1 aliphatic heterocycles. The molecule has 2 atom stereocenters. The monoisotopic (exact) mass is 433 g/mol. The number of nitrogens with two attached hydrogens (primary N) is 2. The van der Waals surface area contributed by atoms with Crippen LogP contribution < -0.4 is 21.5 Å². The molecule has 8 heteroatoms. The van der Waals surface area contributed by atoms with Crippen molar-refractivity contribution in [2.24, 2.45) is 5.73 Å². The van der Waals surface area contributed by atoms with Gasteiger partial charge in [-0.2, -0.15) is 0 Å². The number of likely N-dealkylation sites (tertiary alicyclic amines) is 1. The van der Waals surface area contributed by atoms with Crippen LogP contribution in [-0.2, 0) is 22.6 Å². The Hall–Kier alpha value is -3.65. The Morgan fingerprint density at radius 2 is 1.94 bits per heavy atom. The van der Waals surface area contributed by atoms with E-state index >= 15 is 0 Å². The summed E-state index contributed by atoms with van der Waals surface area (Å²) in [5.74, 6) is 0.851. The van der Waals surface area contributed by atoms with Crippen molar-refractivity contribution >= 4 is 28.4 Å². The van der Waals surface area contributed by atoms with Crippen molar-refractivity contribution in [3.8, 4) is 5.75 Å². The van der Waals surface area contributed by atoms with Crippen LogP contribution >= 0.6 is 0 Å². The molecule has 32 heavy (non-hydrogen) atoms. The minimum Gasteiger partial charge on any atom is -0.497 e. The lowest BCUT2D eigenvalue weighted by Gasteiger charge is -2.41. The van der Waals surface area contributed by atoms with Gasteiger partial charge in [-0.3, -0.25) is 9.59 Å².